The highest BCUT2D eigenvalue weighted by atomic mass is 32.2. The normalized spacial score (nSPS) is 13.3. The molecule has 1 heterocycles. The lowest BCUT2D eigenvalue weighted by molar-refractivity contribution is -0.117. The van der Waals surface area contributed by atoms with Crippen molar-refractivity contribution in [3.05, 3.63) is 82.5 Å². The largest absolute Gasteiger partial charge is 0.383 e. The number of hydrogen-bond acceptors (Lipinski definition) is 6. The van der Waals surface area contributed by atoms with E-state index in [-0.39, 0.29) is 22.5 Å². The van der Waals surface area contributed by atoms with E-state index < -0.39 is 21.4 Å². The Morgan fingerprint density at radius 1 is 1.05 bits per heavy atom. The first kappa shape index (κ1) is 29.4. The van der Waals surface area contributed by atoms with E-state index >= 15 is 0 Å². The third-order valence-electron chi connectivity index (χ3n) is 6.67. The molecule has 0 saturated carbocycles. The van der Waals surface area contributed by atoms with Crippen LogP contribution in [0.25, 0.3) is 21.9 Å². The van der Waals surface area contributed by atoms with Crippen LogP contribution in [0.4, 0.5) is 0 Å². The number of benzene rings is 3. The molecule has 0 aliphatic heterocycles. The molecule has 9 heteroatoms. The summed E-state index contributed by atoms with van der Waals surface area (Å²) in [6.45, 7) is 11.5. The third kappa shape index (κ3) is 6.25. The zero-order valence-electron chi connectivity index (χ0n) is 23.6. The molecule has 4 rings (SSSR count). The molecule has 1 amide bonds. The van der Waals surface area contributed by atoms with E-state index in [2.05, 4.69) is 84.2 Å². The minimum atomic E-state index is -3.61. The number of nitrogens with one attached hydrogen (secondary N) is 1. The molecule has 4 aromatic rings. The van der Waals surface area contributed by atoms with Gasteiger partial charge in [-0.25, -0.2) is 13.9 Å². The molecule has 1 aromatic heterocycles. The summed E-state index contributed by atoms with van der Waals surface area (Å²) in [6.07, 6.45) is 2.90. The van der Waals surface area contributed by atoms with Gasteiger partial charge in [0.05, 0.1) is 12.6 Å². The summed E-state index contributed by atoms with van der Waals surface area (Å²) in [5.41, 5.74) is 3.83. The van der Waals surface area contributed by atoms with Gasteiger partial charge in [-0.3, -0.25) is 4.79 Å². The van der Waals surface area contributed by atoms with Gasteiger partial charge >= 0.3 is 0 Å². The molecule has 0 saturated heterocycles. The van der Waals surface area contributed by atoms with E-state index in [1.54, 1.807) is 20.0 Å². The molecule has 0 fully saturated rings. The number of fused-ring (bicyclic) bond motifs is 1. The molecular formula is C31H34N4O3S2. The number of amides is 1. The van der Waals surface area contributed by atoms with Crippen LogP contribution >= 0.6 is 11.3 Å². The first-order valence-electron chi connectivity index (χ1n) is 13.1. The zero-order valence-corrected chi connectivity index (χ0v) is 25.2. The topological polar surface area (TPSA) is 115 Å². The number of aromatic nitrogens is 1. The highest BCUT2D eigenvalue weighted by molar-refractivity contribution is 7.94. The highest BCUT2D eigenvalue weighted by Gasteiger charge is 2.26. The van der Waals surface area contributed by atoms with E-state index in [1.807, 2.05) is 12.1 Å². The maximum absolute atomic E-state index is 13.7. The Morgan fingerprint density at radius 2 is 1.68 bits per heavy atom. The predicted molar refractivity (Wildman–Crippen MR) is 161 cm³/mol. The molecule has 7 nitrogen and oxygen atoms in total. The van der Waals surface area contributed by atoms with Crippen molar-refractivity contribution in [2.45, 2.75) is 69.6 Å². The lowest BCUT2D eigenvalue weighted by Crippen LogP contribution is -2.20. The van der Waals surface area contributed by atoms with Crippen LogP contribution in [0.3, 0.4) is 0 Å². The number of rotatable bonds is 8. The summed E-state index contributed by atoms with van der Waals surface area (Å²) in [5.74, 6) is -0.357. The molecule has 2 N–H and O–H groups in total. The van der Waals surface area contributed by atoms with Crippen molar-refractivity contribution in [1.82, 2.24) is 9.71 Å². The SMILES string of the molecule is CC(C)c1cc(-c2ccc3ccccc3c2)cc(C(C)C)c1CC(=O)N=S(=O)(NC#N)c1cnc(C(C)(C)O)s1. The maximum atomic E-state index is 13.7. The van der Waals surface area contributed by atoms with Gasteiger partial charge < -0.3 is 5.11 Å². The van der Waals surface area contributed by atoms with Crippen molar-refractivity contribution in [3.63, 3.8) is 0 Å². The Hall–Kier alpha value is -3.58. The summed E-state index contributed by atoms with van der Waals surface area (Å²) in [4.78, 5) is 17.5. The Morgan fingerprint density at radius 3 is 2.23 bits per heavy atom. The van der Waals surface area contributed by atoms with E-state index in [0.717, 1.165) is 44.5 Å². The van der Waals surface area contributed by atoms with Crippen molar-refractivity contribution in [2.75, 3.05) is 0 Å². The van der Waals surface area contributed by atoms with Crippen LogP contribution in [-0.2, 0) is 26.7 Å². The molecule has 1 unspecified atom stereocenters. The standard InChI is InChI=1S/C31H34N4O3S2/c1-19(2)25-14-24(23-12-11-21-9-7-8-10-22(21)13-23)15-26(20(3)4)27(25)16-28(36)35-40(38,34-18-32)29-17-33-30(39-29)31(5,6)37/h7-15,17,19-20,37H,16H2,1-6H3,(H,34,35,36,38). The van der Waals surface area contributed by atoms with Crippen molar-refractivity contribution in [2.24, 2.45) is 4.36 Å². The van der Waals surface area contributed by atoms with E-state index in [9.17, 15) is 19.4 Å². The number of hydrogen-bond donors (Lipinski definition) is 2. The lowest BCUT2D eigenvalue weighted by Gasteiger charge is -2.21. The van der Waals surface area contributed by atoms with Gasteiger partial charge in [-0.2, -0.15) is 5.26 Å². The number of nitrogens with zero attached hydrogens (tertiary/aromatic N) is 3. The fourth-order valence-electron chi connectivity index (χ4n) is 4.66. The third-order valence-corrected chi connectivity index (χ3v) is 10.2. The number of thiazole rings is 1. The van der Waals surface area contributed by atoms with Crippen molar-refractivity contribution >= 4 is 37.9 Å². The van der Waals surface area contributed by atoms with E-state index in [1.165, 1.54) is 11.6 Å². The average molecular weight is 575 g/mol. The fraction of sp³-hybridized carbons (Fsp3) is 0.323. The second-order valence-electron chi connectivity index (χ2n) is 10.9. The van der Waals surface area contributed by atoms with Gasteiger partial charge in [0, 0.05) is 0 Å². The first-order valence-corrected chi connectivity index (χ1v) is 15.5. The minimum absolute atomic E-state index is 0.0553. The number of nitriles is 1. The zero-order chi connectivity index (χ0) is 29.2. The van der Waals surface area contributed by atoms with Gasteiger partial charge in [0.2, 0.25) is 0 Å². The quantitative estimate of drug-likeness (QED) is 0.173. The second kappa shape index (κ2) is 11.5. The smallest absolute Gasteiger partial charge is 0.259 e. The fourth-order valence-corrected chi connectivity index (χ4v) is 7.15. The van der Waals surface area contributed by atoms with Crippen LogP contribution in [-0.4, -0.2) is 20.2 Å². The lowest BCUT2D eigenvalue weighted by atomic mass is 9.83. The molecule has 1 atom stereocenters. The van der Waals surface area contributed by atoms with E-state index in [0.29, 0.717) is 5.01 Å². The van der Waals surface area contributed by atoms with Gasteiger partial charge in [-0.1, -0.05) is 76.2 Å². The average Bonchev–Trinajstić information content (AvgIpc) is 3.40. The Labute approximate surface area is 240 Å². The summed E-state index contributed by atoms with van der Waals surface area (Å²) >= 11 is 0.955. The van der Waals surface area contributed by atoms with E-state index in [4.69, 9.17) is 0 Å². The molecule has 0 aliphatic rings. The van der Waals surface area contributed by atoms with Crippen LogP contribution in [0.1, 0.15) is 75.1 Å². The maximum Gasteiger partial charge on any atom is 0.259 e. The molecular weight excluding hydrogens is 541 g/mol. The van der Waals surface area contributed by atoms with Crippen LogP contribution in [0.2, 0.25) is 0 Å². The highest BCUT2D eigenvalue weighted by Crippen LogP contribution is 2.35. The molecule has 208 valence electrons. The Balaban J connectivity index is 1.79. The van der Waals surface area contributed by atoms with Gasteiger partial charge in [0.1, 0.15) is 14.8 Å². The molecule has 40 heavy (non-hydrogen) atoms. The summed E-state index contributed by atoms with van der Waals surface area (Å²) in [6, 6.07) is 18.9. The van der Waals surface area contributed by atoms with Crippen molar-refractivity contribution in [3.8, 4) is 17.3 Å². The molecule has 0 spiro atoms. The van der Waals surface area contributed by atoms with Crippen LogP contribution < -0.4 is 4.72 Å². The van der Waals surface area contributed by atoms with Crippen molar-refractivity contribution in [1.29, 1.82) is 5.26 Å². The molecule has 0 aliphatic carbocycles. The second-order valence-corrected chi connectivity index (χ2v) is 14.1. The van der Waals surface area contributed by atoms with Crippen LogP contribution in [0.5, 0.6) is 0 Å². The predicted octanol–water partition coefficient (Wildman–Crippen LogP) is 7.02. The Kier molecular flexibility index (Phi) is 8.45. The van der Waals surface area contributed by atoms with Gasteiger partial charge in [0.25, 0.3) is 5.91 Å². The first-order chi connectivity index (χ1) is 18.8. The number of carbonyl (C=O) groups excluding carboxylic acids is 1. The van der Waals surface area contributed by atoms with Gasteiger partial charge in [-0.15, -0.1) is 15.7 Å². The van der Waals surface area contributed by atoms with Gasteiger partial charge in [0.15, 0.2) is 16.1 Å². The van der Waals surface area contributed by atoms with Crippen molar-refractivity contribution < 1.29 is 14.1 Å². The molecule has 0 radical (unpaired) electrons. The van der Waals surface area contributed by atoms with Crippen LogP contribution in [0, 0.1) is 11.5 Å². The van der Waals surface area contributed by atoms with Gasteiger partial charge in [-0.05, 0) is 70.3 Å². The molecule has 3 aromatic carbocycles. The summed E-state index contributed by atoms with van der Waals surface area (Å²) in [5, 5.41) is 22.2. The Bertz CT molecular complexity index is 1700. The minimum Gasteiger partial charge on any atom is -0.383 e. The number of aliphatic hydroxyl groups is 1. The summed E-state index contributed by atoms with van der Waals surface area (Å²) in [7, 11) is -3.61. The monoisotopic (exact) mass is 574 g/mol. The molecule has 0 bridgehead atoms. The number of carbonyl (C=O) groups is 1. The van der Waals surface area contributed by atoms with Crippen LogP contribution in [0.15, 0.2) is 69.4 Å². The summed E-state index contributed by atoms with van der Waals surface area (Å²) < 4.78 is 20.0.